The lowest BCUT2D eigenvalue weighted by Gasteiger charge is -2.05. The molecule has 128 valence electrons. The number of sulfonamides is 1. The van der Waals surface area contributed by atoms with E-state index in [1.807, 2.05) is 0 Å². The Morgan fingerprint density at radius 2 is 1.80 bits per heavy atom. The number of azo groups is 1. The molecule has 1 heterocycles. The summed E-state index contributed by atoms with van der Waals surface area (Å²) in [5, 5.41) is 28.6. The van der Waals surface area contributed by atoms with Crippen LogP contribution in [0, 0.1) is 0 Å². The Kier molecular flexibility index (Phi) is 4.63. The first-order valence-electron chi connectivity index (χ1n) is 6.90. The van der Waals surface area contributed by atoms with Crippen LogP contribution in [-0.4, -0.2) is 23.6 Å². The second kappa shape index (κ2) is 6.87. The molecule has 25 heavy (non-hydrogen) atoms. The highest BCUT2D eigenvalue weighted by molar-refractivity contribution is 7.93. The van der Waals surface area contributed by atoms with Gasteiger partial charge < -0.3 is 10.2 Å². The zero-order chi connectivity index (χ0) is 17.9. The molecule has 1 aromatic heterocycles. The summed E-state index contributed by atoms with van der Waals surface area (Å²) in [5.74, 6) is -0.297. The van der Waals surface area contributed by atoms with Gasteiger partial charge in [-0.05, 0) is 36.4 Å². The van der Waals surface area contributed by atoms with Gasteiger partial charge in [0.25, 0.3) is 10.0 Å². The molecule has 0 saturated carbocycles. The molecule has 0 unspecified atom stereocenters. The second-order valence-electron chi connectivity index (χ2n) is 4.81. The van der Waals surface area contributed by atoms with Gasteiger partial charge in [-0.3, -0.25) is 4.72 Å². The monoisotopic (exact) mass is 376 g/mol. The van der Waals surface area contributed by atoms with E-state index in [1.165, 1.54) is 53.9 Å². The van der Waals surface area contributed by atoms with Crippen LogP contribution in [0.2, 0.25) is 0 Å². The van der Waals surface area contributed by atoms with Crippen LogP contribution in [0.3, 0.4) is 0 Å². The zero-order valence-electron chi connectivity index (χ0n) is 12.6. The van der Waals surface area contributed by atoms with Crippen LogP contribution in [0.4, 0.5) is 16.5 Å². The van der Waals surface area contributed by atoms with Crippen LogP contribution in [0.25, 0.3) is 0 Å². The minimum atomic E-state index is -3.72. The third-order valence-electron chi connectivity index (χ3n) is 3.03. The summed E-state index contributed by atoms with van der Waals surface area (Å²) in [6.45, 7) is 0. The van der Waals surface area contributed by atoms with Gasteiger partial charge in [0.1, 0.15) is 17.2 Å². The molecule has 3 aromatic rings. The maximum absolute atomic E-state index is 12.2. The van der Waals surface area contributed by atoms with Gasteiger partial charge in [0.15, 0.2) is 5.13 Å². The smallest absolute Gasteiger partial charge is 0.263 e. The van der Waals surface area contributed by atoms with Crippen LogP contribution >= 0.6 is 11.3 Å². The molecule has 10 heteroatoms. The molecule has 0 aliphatic heterocycles. The first-order valence-corrected chi connectivity index (χ1v) is 9.26. The number of rotatable bonds is 5. The standard InChI is InChI=1S/C15H12N4O4S2/c20-11-3-6-13(14(21)9-11)18-17-10-1-4-12(5-2-10)25(22,23)19-15-16-7-8-24-15/h1-9,20-21H,(H,16,19). The highest BCUT2D eigenvalue weighted by Gasteiger charge is 2.15. The van der Waals surface area contributed by atoms with Crippen LogP contribution in [-0.2, 0) is 10.0 Å². The largest absolute Gasteiger partial charge is 0.508 e. The minimum Gasteiger partial charge on any atom is -0.508 e. The Morgan fingerprint density at radius 3 is 2.44 bits per heavy atom. The number of aromatic nitrogens is 1. The van der Waals surface area contributed by atoms with Gasteiger partial charge in [-0.15, -0.1) is 16.5 Å². The molecule has 0 aliphatic rings. The first kappa shape index (κ1) is 16.9. The van der Waals surface area contributed by atoms with Crippen molar-refractivity contribution in [2.75, 3.05) is 4.72 Å². The average molecular weight is 376 g/mol. The summed E-state index contributed by atoms with van der Waals surface area (Å²) in [7, 11) is -3.72. The van der Waals surface area contributed by atoms with Crippen molar-refractivity contribution in [2.45, 2.75) is 4.90 Å². The lowest BCUT2D eigenvalue weighted by atomic mass is 10.3. The van der Waals surface area contributed by atoms with E-state index >= 15 is 0 Å². The zero-order valence-corrected chi connectivity index (χ0v) is 14.2. The van der Waals surface area contributed by atoms with E-state index in [9.17, 15) is 18.6 Å². The number of hydrogen-bond acceptors (Lipinski definition) is 8. The maximum atomic E-state index is 12.2. The van der Waals surface area contributed by atoms with Crippen LogP contribution in [0.5, 0.6) is 11.5 Å². The van der Waals surface area contributed by atoms with Crippen molar-refractivity contribution in [1.29, 1.82) is 0 Å². The van der Waals surface area contributed by atoms with Gasteiger partial charge in [0.2, 0.25) is 0 Å². The van der Waals surface area contributed by atoms with Gasteiger partial charge in [0.05, 0.1) is 10.6 Å². The molecule has 3 N–H and O–H groups in total. The van der Waals surface area contributed by atoms with Crippen molar-refractivity contribution in [3.05, 3.63) is 54.0 Å². The lowest BCUT2D eigenvalue weighted by molar-refractivity contribution is 0.451. The molecule has 8 nitrogen and oxygen atoms in total. The maximum Gasteiger partial charge on any atom is 0.263 e. The molecular formula is C15H12N4O4S2. The van der Waals surface area contributed by atoms with E-state index in [1.54, 1.807) is 5.38 Å². The van der Waals surface area contributed by atoms with E-state index in [2.05, 4.69) is 19.9 Å². The summed E-state index contributed by atoms with van der Waals surface area (Å²) in [4.78, 5) is 3.94. The van der Waals surface area contributed by atoms with Crippen molar-refractivity contribution in [3.8, 4) is 11.5 Å². The molecule has 0 fully saturated rings. The van der Waals surface area contributed by atoms with Crippen molar-refractivity contribution in [1.82, 2.24) is 4.98 Å². The Labute approximate surface area is 147 Å². The molecule has 0 amide bonds. The fourth-order valence-corrected chi connectivity index (χ4v) is 3.64. The van der Waals surface area contributed by atoms with E-state index < -0.39 is 10.0 Å². The molecule has 0 radical (unpaired) electrons. The average Bonchev–Trinajstić information content (AvgIpc) is 3.07. The van der Waals surface area contributed by atoms with E-state index in [0.29, 0.717) is 5.69 Å². The van der Waals surface area contributed by atoms with Gasteiger partial charge >= 0.3 is 0 Å². The third-order valence-corrected chi connectivity index (χ3v) is 5.21. The number of nitrogens with zero attached hydrogens (tertiary/aromatic N) is 3. The van der Waals surface area contributed by atoms with Gasteiger partial charge in [-0.25, -0.2) is 13.4 Å². The Hall–Kier alpha value is -2.98. The number of nitrogens with one attached hydrogen (secondary N) is 1. The summed E-state index contributed by atoms with van der Waals surface area (Å²) < 4.78 is 26.8. The van der Waals surface area contributed by atoms with Crippen molar-refractivity contribution in [2.24, 2.45) is 10.2 Å². The Balaban J connectivity index is 1.77. The molecule has 2 aromatic carbocycles. The quantitative estimate of drug-likeness (QED) is 0.585. The van der Waals surface area contributed by atoms with Crippen LogP contribution in [0.15, 0.2) is 69.2 Å². The minimum absolute atomic E-state index is 0.0640. The molecule has 0 atom stereocenters. The number of phenolic OH excluding ortho intramolecular Hbond substituents is 2. The predicted octanol–water partition coefficient (Wildman–Crippen LogP) is 3.77. The van der Waals surface area contributed by atoms with Crippen molar-refractivity contribution >= 4 is 37.9 Å². The Bertz CT molecular complexity index is 1000. The van der Waals surface area contributed by atoms with E-state index in [0.717, 1.165) is 6.07 Å². The molecule has 0 spiro atoms. The fourth-order valence-electron chi connectivity index (χ4n) is 1.85. The summed E-state index contributed by atoms with van der Waals surface area (Å²) in [6, 6.07) is 9.67. The van der Waals surface area contributed by atoms with E-state index in [-0.39, 0.29) is 27.2 Å². The number of hydrogen-bond donors (Lipinski definition) is 3. The fraction of sp³-hybridized carbons (Fsp3) is 0. The summed E-state index contributed by atoms with van der Waals surface area (Å²) in [6.07, 6.45) is 1.50. The van der Waals surface area contributed by atoms with Gasteiger partial charge in [0, 0.05) is 17.6 Å². The second-order valence-corrected chi connectivity index (χ2v) is 7.39. The third kappa shape index (κ3) is 4.11. The van der Waals surface area contributed by atoms with Crippen LogP contribution in [0.1, 0.15) is 0 Å². The first-order chi connectivity index (χ1) is 11.9. The molecule has 0 aliphatic carbocycles. The molecule has 0 saturated heterocycles. The normalized spacial score (nSPS) is 11.7. The number of aromatic hydroxyl groups is 2. The van der Waals surface area contributed by atoms with Crippen LogP contribution < -0.4 is 4.72 Å². The van der Waals surface area contributed by atoms with E-state index in [4.69, 9.17) is 0 Å². The van der Waals surface area contributed by atoms with Crippen molar-refractivity contribution in [3.63, 3.8) is 0 Å². The highest BCUT2D eigenvalue weighted by atomic mass is 32.2. The molecular weight excluding hydrogens is 364 g/mol. The number of phenols is 2. The highest BCUT2D eigenvalue weighted by Crippen LogP contribution is 2.31. The van der Waals surface area contributed by atoms with Crippen molar-refractivity contribution < 1.29 is 18.6 Å². The Morgan fingerprint density at radius 1 is 1.04 bits per heavy atom. The summed E-state index contributed by atoms with van der Waals surface area (Å²) in [5.41, 5.74) is 0.584. The van der Waals surface area contributed by atoms with Gasteiger partial charge in [-0.2, -0.15) is 5.11 Å². The lowest BCUT2D eigenvalue weighted by Crippen LogP contribution is -2.12. The topological polar surface area (TPSA) is 124 Å². The number of thiazole rings is 1. The van der Waals surface area contributed by atoms with Gasteiger partial charge in [-0.1, -0.05) is 0 Å². The predicted molar refractivity (Wildman–Crippen MR) is 93.3 cm³/mol. The summed E-state index contributed by atoms with van der Waals surface area (Å²) >= 11 is 1.18. The molecule has 0 bridgehead atoms. The number of benzene rings is 2. The SMILES string of the molecule is O=S(=O)(Nc1nccs1)c1ccc(N=Nc2ccc(O)cc2O)cc1. The molecule has 3 rings (SSSR count). The number of anilines is 1.